The summed E-state index contributed by atoms with van der Waals surface area (Å²) in [6.45, 7) is -0.675. The molecular formula is C17H33FN4O9. The highest BCUT2D eigenvalue weighted by Crippen LogP contribution is 2.31. The van der Waals surface area contributed by atoms with E-state index in [-0.39, 0.29) is 19.4 Å². The zero-order chi connectivity index (χ0) is 23.5. The first-order valence-corrected chi connectivity index (χ1v) is 9.86. The second kappa shape index (κ2) is 11.1. The molecule has 13 nitrogen and oxygen atoms in total. The fourth-order valence-corrected chi connectivity index (χ4v) is 3.55. The summed E-state index contributed by atoms with van der Waals surface area (Å²) in [7, 11) is 0. The summed E-state index contributed by atoms with van der Waals surface area (Å²) >= 11 is 0. The first kappa shape index (κ1) is 26.1. The van der Waals surface area contributed by atoms with Crippen molar-refractivity contribution in [3.05, 3.63) is 11.5 Å². The molecular weight excluding hydrogens is 423 g/mol. The van der Waals surface area contributed by atoms with Gasteiger partial charge >= 0.3 is 0 Å². The van der Waals surface area contributed by atoms with Crippen LogP contribution in [0.25, 0.3) is 0 Å². The highest BCUT2D eigenvalue weighted by Gasteiger charge is 2.50. The van der Waals surface area contributed by atoms with E-state index in [0.717, 1.165) is 0 Å². The van der Waals surface area contributed by atoms with Gasteiger partial charge in [0.15, 0.2) is 18.8 Å². The Morgan fingerprint density at radius 2 is 1.77 bits per heavy atom. The van der Waals surface area contributed by atoms with Gasteiger partial charge in [0.05, 0.1) is 12.7 Å². The van der Waals surface area contributed by atoms with Gasteiger partial charge in [0.25, 0.3) is 0 Å². The molecule has 2 aliphatic rings. The zero-order valence-electron chi connectivity index (χ0n) is 16.8. The van der Waals surface area contributed by atoms with Crippen LogP contribution in [0.4, 0.5) is 4.39 Å². The molecule has 0 aromatic carbocycles. The Kier molecular flexibility index (Phi) is 9.35. The maximum absolute atomic E-state index is 14.0. The Bertz CT molecular complexity index is 618. The lowest BCUT2D eigenvalue weighted by Crippen LogP contribution is -2.64. The Morgan fingerprint density at radius 1 is 1.13 bits per heavy atom. The van der Waals surface area contributed by atoms with Crippen LogP contribution in [0.5, 0.6) is 0 Å². The van der Waals surface area contributed by atoms with E-state index in [1.165, 1.54) is 0 Å². The normalized spacial score (nSPS) is 41.6. The molecule has 1 aliphatic carbocycles. The van der Waals surface area contributed by atoms with Crippen LogP contribution in [-0.4, -0.2) is 111 Å². The molecule has 11 atom stereocenters. The van der Waals surface area contributed by atoms with Crippen molar-refractivity contribution in [2.24, 2.45) is 22.9 Å². The zero-order valence-corrected chi connectivity index (χ0v) is 16.8. The average Bonchev–Trinajstić information content (AvgIpc) is 3.01. The summed E-state index contributed by atoms with van der Waals surface area (Å²) in [4.78, 5) is 0. The lowest BCUT2D eigenvalue weighted by atomic mass is 9.84. The minimum atomic E-state index is -1.97. The van der Waals surface area contributed by atoms with Crippen molar-refractivity contribution < 1.29 is 49.2 Å². The molecule has 1 heterocycles. The molecule has 0 spiro atoms. The van der Waals surface area contributed by atoms with Gasteiger partial charge in [-0.05, 0) is 19.4 Å². The molecule has 31 heavy (non-hydrogen) atoms. The number of hydrogen-bond donors (Lipinski definition) is 10. The maximum atomic E-state index is 14.0. The number of hydrogen-bond acceptors (Lipinski definition) is 13. The van der Waals surface area contributed by atoms with Crippen molar-refractivity contribution in [1.29, 1.82) is 0 Å². The summed E-state index contributed by atoms with van der Waals surface area (Å²) in [5.41, 5.74) is 22.2. The summed E-state index contributed by atoms with van der Waals surface area (Å²) in [6, 6.07) is -1.78. The first-order chi connectivity index (χ1) is 14.5. The second-order valence-corrected chi connectivity index (χ2v) is 7.70. The fraction of sp³-hybridized carbons (Fsp3) is 0.882. The van der Waals surface area contributed by atoms with Gasteiger partial charge in [-0.2, -0.15) is 0 Å². The van der Waals surface area contributed by atoms with Crippen LogP contribution in [0.3, 0.4) is 0 Å². The van der Waals surface area contributed by atoms with Crippen molar-refractivity contribution in [2.75, 3.05) is 13.2 Å². The van der Waals surface area contributed by atoms with E-state index in [2.05, 4.69) is 0 Å². The summed E-state index contributed by atoms with van der Waals surface area (Å²) in [6.07, 6.45) is -14.1. The number of nitrogens with two attached hydrogens (primary N) is 4. The lowest BCUT2D eigenvalue weighted by molar-refractivity contribution is -0.263. The van der Waals surface area contributed by atoms with E-state index in [4.69, 9.17) is 42.3 Å². The number of aliphatic hydroxyl groups excluding tert-OH is 6. The van der Waals surface area contributed by atoms with E-state index in [1.54, 1.807) is 0 Å². The van der Waals surface area contributed by atoms with Gasteiger partial charge in [0.1, 0.15) is 42.0 Å². The third kappa shape index (κ3) is 5.80. The topological polar surface area (TPSA) is 253 Å². The van der Waals surface area contributed by atoms with Gasteiger partial charge in [-0.15, -0.1) is 0 Å². The molecule has 0 radical (unpaired) electrons. The van der Waals surface area contributed by atoms with Crippen molar-refractivity contribution in [3.63, 3.8) is 0 Å². The number of ether oxygens (including phenoxy) is 3. The molecule has 182 valence electrons. The van der Waals surface area contributed by atoms with E-state index < -0.39 is 85.5 Å². The molecule has 1 aliphatic heterocycles. The quantitative estimate of drug-likeness (QED) is 0.116. The van der Waals surface area contributed by atoms with Crippen molar-refractivity contribution in [2.45, 2.75) is 80.3 Å². The van der Waals surface area contributed by atoms with Crippen LogP contribution in [-0.2, 0) is 14.2 Å². The predicted molar refractivity (Wildman–Crippen MR) is 102 cm³/mol. The Morgan fingerprint density at radius 3 is 2.32 bits per heavy atom. The van der Waals surface area contributed by atoms with Crippen LogP contribution in [0.2, 0.25) is 0 Å². The summed E-state index contributed by atoms with van der Waals surface area (Å²) in [5.74, 6) is -0.752. The first-order valence-electron chi connectivity index (χ1n) is 9.86. The number of alkyl halides is 1. The van der Waals surface area contributed by atoms with Crippen LogP contribution < -0.4 is 22.9 Å². The van der Waals surface area contributed by atoms with Crippen LogP contribution in [0.15, 0.2) is 11.5 Å². The van der Waals surface area contributed by atoms with E-state index >= 15 is 0 Å². The molecule has 0 amide bonds. The van der Waals surface area contributed by atoms with E-state index in [0.29, 0.717) is 0 Å². The molecule has 2 rings (SSSR count). The van der Waals surface area contributed by atoms with Crippen LogP contribution >= 0.6 is 0 Å². The van der Waals surface area contributed by atoms with Gasteiger partial charge in [-0.1, -0.05) is 0 Å². The maximum Gasteiger partial charge on any atom is 0.199 e. The van der Waals surface area contributed by atoms with Crippen LogP contribution in [0.1, 0.15) is 12.8 Å². The molecule has 0 bridgehead atoms. The van der Waals surface area contributed by atoms with Gasteiger partial charge in [-0.3, -0.25) is 0 Å². The van der Waals surface area contributed by atoms with Crippen LogP contribution in [0, 0.1) is 0 Å². The smallest absolute Gasteiger partial charge is 0.199 e. The number of aliphatic hydroxyl groups is 6. The van der Waals surface area contributed by atoms with Crippen molar-refractivity contribution in [3.8, 4) is 0 Å². The molecule has 14 N–H and O–H groups in total. The van der Waals surface area contributed by atoms with Crippen molar-refractivity contribution in [1.82, 2.24) is 0 Å². The van der Waals surface area contributed by atoms with Gasteiger partial charge < -0.3 is 67.8 Å². The lowest BCUT2D eigenvalue weighted by Gasteiger charge is -2.43. The molecule has 1 saturated heterocycles. The van der Waals surface area contributed by atoms with E-state index in [9.17, 15) is 29.9 Å². The highest BCUT2D eigenvalue weighted by atomic mass is 19.1. The van der Waals surface area contributed by atoms with E-state index in [1.807, 2.05) is 0 Å². The standard InChI is InChI=1S/C17H33FN4O9/c18-9-8(4-23)29-17(13(9)27)31-15-11(25)5(20)3-6(21)14(15)30-16(28)10(22)12(26)7(24)1-2-19/h5-9,11,13-17,23-28H,1-4,19-22H2/b12-10+/t5-,6?,7-,8-,9?,11?,13?,14-,15?,16-,17+/m1/s1. The van der Waals surface area contributed by atoms with Gasteiger partial charge in [0.2, 0.25) is 0 Å². The summed E-state index contributed by atoms with van der Waals surface area (Å²) in [5, 5.41) is 59.6. The molecule has 5 unspecified atom stereocenters. The minimum Gasteiger partial charge on any atom is -0.508 e. The molecule has 0 aromatic rings. The third-order valence-electron chi connectivity index (χ3n) is 5.41. The molecule has 1 saturated carbocycles. The van der Waals surface area contributed by atoms with Gasteiger partial charge in [0, 0.05) is 12.1 Å². The molecule has 14 heteroatoms. The largest absolute Gasteiger partial charge is 0.508 e. The Hall–Kier alpha value is -1.17. The molecule has 0 aromatic heterocycles. The second-order valence-electron chi connectivity index (χ2n) is 7.70. The SMILES string of the molecule is NCC[C@@H](O)/C(O)=C(\N)[C@H](O)O[C@@H]1C(N)C[C@@H](N)C(O)C1O[C@@H]1O[C@H](CO)C(F)C1O. The fourth-order valence-electron chi connectivity index (χ4n) is 3.55. The predicted octanol–water partition coefficient (Wildman–Crippen LogP) is -4.65. The summed E-state index contributed by atoms with van der Waals surface area (Å²) < 4.78 is 30.0. The third-order valence-corrected chi connectivity index (χ3v) is 5.41. The average molecular weight is 456 g/mol. The Labute approximate surface area is 178 Å². The highest BCUT2D eigenvalue weighted by molar-refractivity contribution is 5.11. The number of halogens is 1. The minimum absolute atomic E-state index is 0.0329. The molecule has 2 fully saturated rings. The monoisotopic (exact) mass is 456 g/mol. The van der Waals surface area contributed by atoms with Gasteiger partial charge in [-0.25, -0.2) is 4.39 Å². The van der Waals surface area contributed by atoms with Crippen molar-refractivity contribution >= 4 is 0 Å². The Balaban J connectivity index is 2.19. The number of rotatable bonds is 9.